The van der Waals surface area contributed by atoms with Gasteiger partial charge >= 0.3 is 6.03 Å². The van der Waals surface area contributed by atoms with E-state index in [0.29, 0.717) is 24.5 Å². The van der Waals surface area contributed by atoms with Gasteiger partial charge in [-0.05, 0) is 30.7 Å². The van der Waals surface area contributed by atoms with Gasteiger partial charge in [-0.15, -0.1) is 0 Å². The summed E-state index contributed by atoms with van der Waals surface area (Å²) in [5, 5.41) is 2.96. The molecule has 1 saturated heterocycles. The number of anilines is 2. The third kappa shape index (κ3) is 3.67. The summed E-state index contributed by atoms with van der Waals surface area (Å²) in [4.78, 5) is 24.8. The Labute approximate surface area is 157 Å². The summed E-state index contributed by atoms with van der Waals surface area (Å²) in [5.74, 6) is 1.52. The van der Waals surface area contributed by atoms with Gasteiger partial charge in [0, 0.05) is 26.2 Å². The fourth-order valence-corrected chi connectivity index (χ4v) is 3.36. The lowest BCUT2D eigenvalue weighted by Crippen LogP contribution is -2.38. The quantitative estimate of drug-likeness (QED) is 0.747. The number of carbonyl (C=O) groups excluding carboxylic acids is 1. The van der Waals surface area contributed by atoms with Crippen LogP contribution in [-0.4, -0.2) is 54.2 Å². The van der Waals surface area contributed by atoms with E-state index < -0.39 is 0 Å². The van der Waals surface area contributed by atoms with Crippen LogP contribution in [0.15, 0.2) is 48.5 Å². The summed E-state index contributed by atoms with van der Waals surface area (Å²) in [6.45, 7) is 2.94. The van der Waals surface area contributed by atoms with Crippen molar-refractivity contribution in [2.24, 2.45) is 0 Å². The molecule has 1 aliphatic heterocycles. The smallest absolute Gasteiger partial charge is 0.322 e. The van der Waals surface area contributed by atoms with E-state index in [1.165, 1.54) is 0 Å². The third-order valence-corrected chi connectivity index (χ3v) is 4.81. The number of nitrogens with one attached hydrogen (secondary N) is 2. The number of hydrogen-bond acceptors (Lipinski definition) is 4. The Kier molecular flexibility index (Phi) is 4.82. The van der Waals surface area contributed by atoms with Crippen molar-refractivity contribution in [3.8, 4) is 5.75 Å². The number of amides is 2. The van der Waals surface area contributed by atoms with Crippen molar-refractivity contribution in [2.75, 3.05) is 43.5 Å². The zero-order chi connectivity index (χ0) is 18.6. The Morgan fingerprint density at radius 3 is 2.74 bits per heavy atom. The molecule has 0 unspecified atom stereocenters. The van der Waals surface area contributed by atoms with Gasteiger partial charge in [0.15, 0.2) is 0 Å². The number of rotatable bonds is 3. The Balaban J connectivity index is 1.42. The van der Waals surface area contributed by atoms with Crippen LogP contribution in [0.2, 0.25) is 0 Å². The van der Waals surface area contributed by atoms with Gasteiger partial charge in [-0.25, -0.2) is 9.78 Å². The van der Waals surface area contributed by atoms with E-state index in [1.54, 1.807) is 7.11 Å². The number of ether oxygens (including phenoxy) is 1. The first-order valence-corrected chi connectivity index (χ1v) is 9.13. The first-order chi connectivity index (χ1) is 13.2. The maximum atomic E-state index is 12.7. The number of H-pyrrole nitrogens is 1. The molecular weight excluding hydrogens is 342 g/mol. The van der Waals surface area contributed by atoms with Crippen molar-refractivity contribution < 1.29 is 9.53 Å². The van der Waals surface area contributed by atoms with E-state index in [9.17, 15) is 4.79 Å². The first-order valence-electron chi connectivity index (χ1n) is 9.13. The van der Waals surface area contributed by atoms with Gasteiger partial charge in [-0.3, -0.25) is 0 Å². The molecule has 1 aromatic heterocycles. The van der Waals surface area contributed by atoms with E-state index >= 15 is 0 Å². The number of hydrogen-bond donors (Lipinski definition) is 2. The number of para-hydroxylation sites is 4. The van der Waals surface area contributed by atoms with Crippen LogP contribution >= 0.6 is 0 Å². The van der Waals surface area contributed by atoms with Crippen molar-refractivity contribution in [1.29, 1.82) is 0 Å². The average molecular weight is 365 g/mol. The summed E-state index contributed by atoms with van der Waals surface area (Å²) in [6.07, 6.45) is 0.885. The molecule has 0 aliphatic carbocycles. The number of imidazole rings is 1. The molecule has 0 atom stereocenters. The minimum atomic E-state index is -0.106. The number of fused-ring (bicyclic) bond motifs is 1. The van der Waals surface area contributed by atoms with E-state index in [-0.39, 0.29) is 6.03 Å². The molecule has 1 aliphatic rings. The van der Waals surface area contributed by atoms with Gasteiger partial charge in [-0.1, -0.05) is 24.3 Å². The molecule has 7 nitrogen and oxygen atoms in total. The van der Waals surface area contributed by atoms with Crippen LogP contribution in [-0.2, 0) is 0 Å². The molecule has 27 heavy (non-hydrogen) atoms. The lowest BCUT2D eigenvalue weighted by molar-refractivity contribution is 0.215. The normalized spacial score (nSPS) is 14.9. The van der Waals surface area contributed by atoms with Gasteiger partial charge < -0.3 is 24.8 Å². The first kappa shape index (κ1) is 17.2. The molecule has 2 aromatic carbocycles. The zero-order valence-corrected chi connectivity index (χ0v) is 15.3. The predicted molar refractivity (Wildman–Crippen MR) is 107 cm³/mol. The molecular formula is C20H23N5O2. The summed E-state index contributed by atoms with van der Waals surface area (Å²) in [7, 11) is 1.60. The van der Waals surface area contributed by atoms with Gasteiger partial charge in [0.1, 0.15) is 5.75 Å². The molecule has 0 radical (unpaired) electrons. The maximum absolute atomic E-state index is 12.7. The van der Waals surface area contributed by atoms with Gasteiger partial charge in [0.05, 0.1) is 23.8 Å². The molecule has 0 spiro atoms. The average Bonchev–Trinajstić information content (AvgIpc) is 2.97. The summed E-state index contributed by atoms with van der Waals surface area (Å²) < 4.78 is 5.31. The second-order valence-electron chi connectivity index (χ2n) is 6.54. The van der Waals surface area contributed by atoms with Crippen LogP contribution in [0.25, 0.3) is 11.0 Å². The summed E-state index contributed by atoms with van der Waals surface area (Å²) in [6, 6.07) is 15.3. The maximum Gasteiger partial charge on any atom is 0.322 e. The fourth-order valence-electron chi connectivity index (χ4n) is 3.36. The highest BCUT2D eigenvalue weighted by molar-refractivity contribution is 5.91. The predicted octanol–water partition coefficient (Wildman–Crippen LogP) is 3.32. The summed E-state index contributed by atoms with van der Waals surface area (Å²) >= 11 is 0. The molecule has 3 aromatic rings. The van der Waals surface area contributed by atoms with Crippen molar-refractivity contribution in [2.45, 2.75) is 6.42 Å². The number of aromatic nitrogens is 2. The summed E-state index contributed by atoms with van der Waals surface area (Å²) in [5.41, 5.74) is 2.67. The van der Waals surface area contributed by atoms with Crippen LogP contribution in [0.3, 0.4) is 0 Å². The Morgan fingerprint density at radius 2 is 1.89 bits per heavy atom. The van der Waals surface area contributed by atoms with Gasteiger partial charge in [0.25, 0.3) is 0 Å². The molecule has 2 heterocycles. The molecule has 7 heteroatoms. The molecule has 0 saturated carbocycles. The van der Waals surface area contributed by atoms with Crippen LogP contribution in [0, 0.1) is 0 Å². The lowest BCUT2D eigenvalue weighted by atomic mass is 10.3. The van der Waals surface area contributed by atoms with Crippen molar-refractivity contribution >= 4 is 28.7 Å². The number of methoxy groups -OCH3 is 1. The Hall–Kier alpha value is -3.22. The Morgan fingerprint density at radius 1 is 1.07 bits per heavy atom. The molecule has 2 amide bonds. The van der Waals surface area contributed by atoms with Crippen LogP contribution in [0.1, 0.15) is 6.42 Å². The minimum Gasteiger partial charge on any atom is -0.495 e. The molecule has 2 N–H and O–H groups in total. The number of aromatic amines is 1. The van der Waals surface area contributed by atoms with Crippen molar-refractivity contribution in [3.05, 3.63) is 48.5 Å². The zero-order valence-electron chi connectivity index (χ0n) is 15.3. The molecule has 140 valence electrons. The molecule has 1 fully saturated rings. The van der Waals surface area contributed by atoms with Crippen LogP contribution in [0.5, 0.6) is 5.75 Å². The fraction of sp³-hybridized carbons (Fsp3) is 0.300. The van der Waals surface area contributed by atoms with Crippen molar-refractivity contribution in [1.82, 2.24) is 14.9 Å². The monoisotopic (exact) mass is 365 g/mol. The number of nitrogens with zero attached hydrogens (tertiary/aromatic N) is 3. The van der Waals surface area contributed by atoms with Crippen LogP contribution < -0.4 is 15.0 Å². The van der Waals surface area contributed by atoms with Crippen LogP contribution in [0.4, 0.5) is 16.4 Å². The van der Waals surface area contributed by atoms with Crippen molar-refractivity contribution in [3.63, 3.8) is 0 Å². The van der Waals surface area contributed by atoms with Gasteiger partial charge in [0.2, 0.25) is 5.95 Å². The number of urea groups is 1. The standard InChI is InChI=1S/C20H23N5O2/c1-27-18-10-5-4-9-17(18)23-20(26)25-12-6-11-24(13-14-25)19-21-15-7-2-3-8-16(15)22-19/h2-5,7-10H,6,11-14H2,1H3,(H,21,22)(H,23,26). The van der Waals surface area contributed by atoms with E-state index in [2.05, 4.69) is 20.2 Å². The van der Waals surface area contributed by atoms with Gasteiger partial charge in [-0.2, -0.15) is 0 Å². The molecule has 0 bridgehead atoms. The second kappa shape index (κ2) is 7.57. The SMILES string of the molecule is COc1ccccc1NC(=O)N1CCCN(c2nc3ccccc3[nH]2)CC1. The highest BCUT2D eigenvalue weighted by Crippen LogP contribution is 2.24. The lowest BCUT2D eigenvalue weighted by Gasteiger charge is -2.22. The largest absolute Gasteiger partial charge is 0.495 e. The third-order valence-electron chi connectivity index (χ3n) is 4.81. The Bertz CT molecular complexity index is 906. The second-order valence-corrected chi connectivity index (χ2v) is 6.54. The van der Waals surface area contributed by atoms with E-state index in [1.807, 2.05) is 53.4 Å². The highest BCUT2D eigenvalue weighted by atomic mass is 16.5. The van der Waals surface area contributed by atoms with E-state index in [4.69, 9.17) is 4.74 Å². The number of carbonyl (C=O) groups is 1. The highest BCUT2D eigenvalue weighted by Gasteiger charge is 2.21. The van der Waals surface area contributed by atoms with E-state index in [0.717, 1.165) is 36.5 Å². The minimum absolute atomic E-state index is 0.106. The molecule has 4 rings (SSSR count). The topological polar surface area (TPSA) is 73.5 Å². The number of benzene rings is 2.